The highest BCUT2D eigenvalue weighted by Gasteiger charge is 2.29. The lowest BCUT2D eigenvalue weighted by molar-refractivity contribution is -0.137. The highest BCUT2D eigenvalue weighted by Crippen LogP contribution is 2.29. The maximum Gasteiger partial charge on any atom is 0.416 e. The molecule has 5 heteroatoms. The average molecular weight is 379 g/mol. The summed E-state index contributed by atoms with van der Waals surface area (Å²) >= 11 is 0. The molecule has 0 aliphatic carbocycles. The minimum absolute atomic E-state index is 0.281. The SMILES string of the molecule is O=C(NC(C#Cc1ccc(C(F)(F)F)cc1)c1ccccc1)c1ccccc1. The molecule has 0 heterocycles. The number of hydrogen-bond donors (Lipinski definition) is 1. The lowest BCUT2D eigenvalue weighted by atomic mass is 10.1. The van der Waals surface area contributed by atoms with Crippen LogP contribution in [0.15, 0.2) is 84.9 Å². The maximum absolute atomic E-state index is 12.7. The van der Waals surface area contributed by atoms with Crippen molar-refractivity contribution in [2.75, 3.05) is 0 Å². The quantitative estimate of drug-likeness (QED) is 0.621. The van der Waals surface area contributed by atoms with E-state index < -0.39 is 17.8 Å². The standard InChI is InChI=1S/C23H16F3NO/c24-23(25,26)20-14-11-17(12-15-20)13-16-21(18-7-3-1-4-8-18)27-22(28)19-9-5-2-6-10-19/h1-12,14-15,21H,(H,27,28). The van der Waals surface area contributed by atoms with Crippen LogP contribution in [0, 0.1) is 11.8 Å². The number of halogens is 3. The van der Waals surface area contributed by atoms with Gasteiger partial charge < -0.3 is 5.32 Å². The lowest BCUT2D eigenvalue weighted by Crippen LogP contribution is -2.27. The molecule has 1 atom stereocenters. The third-order valence-corrected chi connectivity index (χ3v) is 4.02. The van der Waals surface area contributed by atoms with Gasteiger partial charge in [-0.25, -0.2) is 0 Å². The molecule has 28 heavy (non-hydrogen) atoms. The van der Waals surface area contributed by atoms with Gasteiger partial charge in [-0.05, 0) is 42.0 Å². The molecule has 1 amide bonds. The molecule has 0 spiro atoms. The summed E-state index contributed by atoms with van der Waals surface area (Å²) in [7, 11) is 0. The Labute approximate surface area is 161 Å². The predicted molar refractivity (Wildman–Crippen MR) is 101 cm³/mol. The number of hydrogen-bond acceptors (Lipinski definition) is 1. The van der Waals surface area contributed by atoms with Gasteiger partial charge in [-0.2, -0.15) is 13.2 Å². The summed E-state index contributed by atoms with van der Waals surface area (Å²) in [4.78, 5) is 12.5. The van der Waals surface area contributed by atoms with Crippen molar-refractivity contribution >= 4 is 5.91 Å². The maximum atomic E-state index is 12.7. The van der Waals surface area contributed by atoms with Crippen LogP contribution < -0.4 is 5.32 Å². The Kier molecular flexibility index (Phi) is 5.81. The number of carbonyl (C=O) groups is 1. The normalized spacial score (nSPS) is 11.8. The summed E-state index contributed by atoms with van der Waals surface area (Å²) in [5.74, 6) is 5.51. The van der Waals surface area contributed by atoms with E-state index in [-0.39, 0.29) is 5.91 Å². The van der Waals surface area contributed by atoms with Crippen LogP contribution in [0.1, 0.15) is 33.1 Å². The topological polar surface area (TPSA) is 29.1 Å². The Balaban J connectivity index is 1.85. The van der Waals surface area contributed by atoms with Gasteiger partial charge in [0, 0.05) is 11.1 Å². The molecule has 0 saturated carbocycles. The highest BCUT2D eigenvalue weighted by molar-refractivity contribution is 5.94. The van der Waals surface area contributed by atoms with Gasteiger partial charge in [0.25, 0.3) is 5.91 Å². The van der Waals surface area contributed by atoms with Gasteiger partial charge in [0.1, 0.15) is 6.04 Å². The zero-order chi connectivity index (χ0) is 20.0. The molecule has 3 aromatic rings. The minimum atomic E-state index is -4.39. The van der Waals surface area contributed by atoms with Crippen LogP contribution >= 0.6 is 0 Å². The van der Waals surface area contributed by atoms with Crippen molar-refractivity contribution in [3.05, 3.63) is 107 Å². The fourth-order valence-electron chi connectivity index (χ4n) is 2.55. The van der Waals surface area contributed by atoms with Crippen LogP contribution in [0.5, 0.6) is 0 Å². The summed E-state index contributed by atoms with van der Waals surface area (Å²) in [6, 6.07) is 21.9. The van der Waals surface area contributed by atoms with E-state index in [1.165, 1.54) is 12.1 Å². The van der Waals surface area contributed by atoms with Crippen LogP contribution in [-0.4, -0.2) is 5.91 Å². The molecular weight excluding hydrogens is 363 g/mol. The van der Waals surface area contributed by atoms with Crippen molar-refractivity contribution in [2.45, 2.75) is 12.2 Å². The predicted octanol–water partition coefficient (Wildman–Crippen LogP) is 5.23. The van der Waals surface area contributed by atoms with E-state index in [1.54, 1.807) is 24.3 Å². The molecular formula is C23H16F3NO. The van der Waals surface area contributed by atoms with E-state index in [0.29, 0.717) is 11.1 Å². The first-order chi connectivity index (χ1) is 13.4. The summed E-state index contributed by atoms with van der Waals surface area (Å²) in [6.07, 6.45) is -4.39. The summed E-state index contributed by atoms with van der Waals surface area (Å²) in [6.45, 7) is 0. The van der Waals surface area contributed by atoms with Crippen LogP contribution in [0.2, 0.25) is 0 Å². The Morgan fingerprint density at radius 2 is 1.39 bits per heavy atom. The Morgan fingerprint density at radius 3 is 1.96 bits per heavy atom. The number of amides is 1. The molecule has 2 nitrogen and oxygen atoms in total. The molecule has 0 aliphatic rings. The van der Waals surface area contributed by atoms with Crippen molar-refractivity contribution in [2.24, 2.45) is 0 Å². The van der Waals surface area contributed by atoms with E-state index in [2.05, 4.69) is 17.2 Å². The molecule has 0 aromatic heterocycles. The molecule has 1 N–H and O–H groups in total. The Morgan fingerprint density at radius 1 is 0.821 bits per heavy atom. The van der Waals surface area contributed by atoms with Crippen molar-refractivity contribution in [3.63, 3.8) is 0 Å². The molecule has 0 radical (unpaired) electrons. The second-order valence-electron chi connectivity index (χ2n) is 6.03. The van der Waals surface area contributed by atoms with E-state index in [4.69, 9.17) is 0 Å². The van der Waals surface area contributed by atoms with Gasteiger partial charge in [0.05, 0.1) is 5.56 Å². The van der Waals surface area contributed by atoms with Gasteiger partial charge >= 0.3 is 6.18 Å². The van der Waals surface area contributed by atoms with Gasteiger partial charge in [0.2, 0.25) is 0 Å². The Bertz CT molecular complexity index is 985. The fourth-order valence-corrected chi connectivity index (χ4v) is 2.55. The zero-order valence-corrected chi connectivity index (χ0v) is 14.7. The highest BCUT2D eigenvalue weighted by atomic mass is 19.4. The smallest absolute Gasteiger partial charge is 0.334 e. The Hall–Kier alpha value is -3.52. The number of rotatable bonds is 3. The van der Waals surface area contributed by atoms with Crippen molar-refractivity contribution in [3.8, 4) is 11.8 Å². The fraction of sp³-hybridized carbons (Fsp3) is 0.0870. The second kappa shape index (κ2) is 8.45. The zero-order valence-electron chi connectivity index (χ0n) is 14.7. The first-order valence-electron chi connectivity index (χ1n) is 8.53. The van der Waals surface area contributed by atoms with Crippen LogP contribution in [-0.2, 0) is 6.18 Å². The first kappa shape index (κ1) is 19.2. The monoisotopic (exact) mass is 379 g/mol. The first-order valence-corrected chi connectivity index (χ1v) is 8.53. The summed E-state index contributed by atoms with van der Waals surface area (Å²) in [5.41, 5.74) is 0.990. The molecule has 3 aromatic carbocycles. The molecule has 0 bridgehead atoms. The van der Waals surface area contributed by atoms with E-state index in [9.17, 15) is 18.0 Å². The largest absolute Gasteiger partial charge is 0.416 e. The van der Waals surface area contributed by atoms with Gasteiger partial charge in [0.15, 0.2) is 0 Å². The van der Waals surface area contributed by atoms with Gasteiger partial charge in [-0.3, -0.25) is 4.79 Å². The summed E-state index contributed by atoms with van der Waals surface area (Å²) in [5, 5.41) is 2.86. The van der Waals surface area contributed by atoms with Crippen molar-refractivity contribution in [1.82, 2.24) is 5.32 Å². The molecule has 1 unspecified atom stereocenters. The average Bonchev–Trinajstić information content (AvgIpc) is 2.72. The molecule has 0 aliphatic heterocycles. The number of carbonyl (C=O) groups excluding carboxylic acids is 1. The van der Waals surface area contributed by atoms with Crippen molar-refractivity contribution in [1.29, 1.82) is 0 Å². The molecule has 0 fully saturated rings. The van der Waals surface area contributed by atoms with Gasteiger partial charge in [-0.15, -0.1) is 0 Å². The van der Waals surface area contributed by atoms with Crippen molar-refractivity contribution < 1.29 is 18.0 Å². The minimum Gasteiger partial charge on any atom is -0.334 e. The number of alkyl halides is 3. The third kappa shape index (κ3) is 5.01. The third-order valence-electron chi connectivity index (χ3n) is 4.02. The lowest BCUT2D eigenvalue weighted by Gasteiger charge is -2.14. The molecule has 3 rings (SSSR count). The molecule has 0 saturated heterocycles. The summed E-state index contributed by atoms with van der Waals surface area (Å²) < 4.78 is 38.0. The van der Waals surface area contributed by atoms with E-state index in [0.717, 1.165) is 17.7 Å². The van der Waals surface area contributed by atoms with E-state index >= 15 is 0 Å². The van der Waals surface area contributed by atoms with Crippen LogP contribution in [0.25, 0.3) is 0 Å². The van der Waals surface area contributed by atoms with E-state index in [1.807, 2.05) is 36.4 Å². The van der Waals surface area contributed by atoms with Crippen LogP contribution in [0.3, 0.4) is 0 Å². The number of nitrogens with one attached hydrogen (secondary N) is 1. The molecule has 140 valence electrons. The van der Waals surface area contributed by atoms with Crippen LogP contribution in [0.4, 0.5) is 13.2 Å². The van der Waals surface area contributed by atoms with Gasteiger partial charge in [-0.1, -0.05) is 60.4 Å². The second-order valence-corrected chi connectivity index (χ2v) is 6.03. The number of benzene rings is 3.